The summed E-state index contributed by atoms with van der Waals surface area (Å²) in [5.74, 6) is 0.0977. The summed E-state index contributed by atoms with van der Waals surface area (Å²) in [6.07, 6.45) is -0.195. The first-order chi connectivity index (χ1) is 15.8. The summed E-state index contributed by atoms with van der Waals surface area (Å²) < 4.78 is 45.8. The van der Waals surface area contributed by atoms with Gasteiger partial charge in [0.1, 0.15) is 17.4 Å². The fourth-order valence-electron chi connectivity index (χ4n) is 4.19. The molecule has 0 radical (unpaired) electrons. The van der Waals surface area contributed by atoms with E-state index < -0.39 is 27.5 Å². The first-order valence-corrected chi connectivity index (χ1v) is 12.1. The summed E-state index contributed by atoms with van der Waals surface area (Å²) in [6.45, 7) is 0.859. The van der Waals surface area contributed by atoms with Crippen LogP contribution in [0, 0.1) is 5.82 Å². The minimum absolute atomic E-state index is 0.0124. The van der Waals surface area contributed by atoms with Crippen LogP contribution in [0.4, 0.5) is 4.39 Å². The number of aliphatic hydroxyl groups excluding tert-OH is 1. The Morgan fingerprint density at radius 1 is 1.15 bits per heavy atom. The maximum Gasteiger partial charge on any atom is 0.244 e. The standard InChI is InChI=1S/C22H22FN5O4S/c1-27-18-5-3-2-4-17(18)24-21(27)12-28-11-15(29)10-19(28)22-25-20(26-32-22)13-33(30,31)16-8-6-14(23)7-9-16/h2-9,15,19,29H,10-13H2,1H3. The van der Waals surface area contributed by atoms with Crippen LogP contribution in [0.5, 0.6) is 0 Å². The predicted octanol–water partition coefficient (Wildman–Crippen LogP) is 2.38. The van der Waals surface area contributed by atoms with Gasteiger partial charge in [0.2, 0.25) is 5.89 Å². The number of hydrogen-bond donors (Lipinski definition) is 1. The van der Waals surface area contributed by atoms with Crippen molar-refractivity contribution < 1.29 is 22.4 Å². The Bertz CT molecular complexity index is 1400. The molecule has 4 aromatic rings. The Morgan fingerprint density at radius 2 is 1.91 bits per heavy atom. The number of para-hydroxylation sites is 2. The summed E-state index contributed by atoms with van der Waals surface area (Å²) in [7, 11) is -1.82. The van der Waals surface area contributed by atoms with E-state index in [0.717, 1.165) is 29.0 Å². The van der Waals surface area contributed by atoms with Crippen molar-refractivity contribution in [1.29, 1.82) is 0 Å². The second kappa shape index (κ2) is 8.32. The summed E-state index contributed by atoms with van der Waals surface area (Å²) in [5.41, 5.74) is 1.90. The molecule has 9 nitrogen and oxygen atoms in total. The Hall–Kier alpha value is -3.15. The van der Waals surface area contributed by atoms with Crippen LogP contribution in [-0.2, 0) is 29.2 Å². The Morgan fingerprint density at radius 3 is 2.67 bits per heavy atom. The molecule has 5 rings (SSSR count). The van der Waals surface area contributed by atoms with Gasteiger partial charge in [-0.3, -0.25) is 4.90 Å². The van der Waals surface area contributed by atoms with Gasteiger partial charge in [-0.25, -0.2) is 17.8 Å². The molecule has 172 valence electrons. The van der Waals surface area contributed by atoms with E-state index in [2.05, 4.69) is 15.1 Å². The topological polar surface area (TPSA) is 114 Å². The lowest BCUT2D eigenvalue weighted by molar-refractivity contribution is 0.167. The third kappa shape index (κ3) is 4.26. The quantitative estimate of drug-likeness (QED) is 0.427. The number of sulfone groups is 1. The average molecular weight is 472 g/mol. The normalized spacial score (nSPS) is 19.5. The molecule has 1 aliphatic rings. The van der Waals surface area contributed by atoms with Gasteiger partial charge in [-0.05, 0) is 42.8 Å². The first kappa shape index (κ1) is 21.7. The highest BCUT2D eigenvalue weighted by atomic mass is 32.2. The fraction of sp³-hybridized carbons (Fsp3) is 0.318. The highest BCUT2D eigenvalue weighted by Crippen LogP contribution is 2.33. The van der Waals surface area contributed by atoms with Crippen LogP contribution in [0.2, 0.25) is 0 Å². The maximum atomic E-state index is 13.1. The molecule has 0 saturated carbocycles. The molecule has 2 atom stereocenters. The molecule has 0 amide bonds. The molecule has 33 heavy (non-hydrogen) atoms. The van der Waals surface area contributed by atoms with Crippen LogP contribution in [0.25, 0.3) is 11.0 Å². The minimum Gasteiger partial charge on any atom is -0.392 e. The number of benzene rings is 2. The van der Waals surface area contributed by atoms with Crippen LogP contribution >= 0.6 is 0 Å². The fourth-order valence-corrected chi connectivity index (χ4v) is 5.36. The highest BCUT2D eigenvalue weighted by molar-refractivity contribution is 7.90. The number of hydrogen-bond acceptors (Lipinski definition) is 8. The number of rotatable bonds is 6. The van der Waals surface area contributed by atoms with E-state index in [0.29, 0.717) is 19.5 Å². The zero-order valence-corrected chi connectivity index (χ0v) is 18.6. The highest BCUT2D eigenvalue weighted by Gasteiger charge is 2.37. The van der Waals surface area contributed by atoms with Crippen molar-refractivity contribution in [2.45, 2.75) is 35.8 Å². The SMILES string of the molecule is Cn1c(CN2CC(O)CC2c2nc(CS(=O)(=O)c3ccc(F)cc3)no2)nc2ccccc21. The van der Waals surface area contributed by atoms with Crippen molar-refractivity contribution in [2.24, 2.45) is 7.05 Å². The molecule has 0 spiro atoms. The van der Waals surface area contributed by atoms with Crippen molar-refractivity contribution in [2.75, 3.05) is 6.54 Å². The molecule has 2 unspecified atom stereocenters. The monoisotopic (exact) mass is 471 g/mol. The van der Waals surface area contributed by atoms with Crippen LogP contribution in [-0.4, -0.2) is 50.8 Å². The molecule has 2 aromatic carbocycles. The van der Waals surface area contributed by atoms with Gasteiger partial charge in [-0.15, -0.1) is 0 Å². The van der Waals surface area contributed by atoms with E-state index in [4.69, 9.17) is 4.52 Å². The average Bonchev–Trinajstić information content (AvgIpc) is 3.46. The number of nitrogens with zero attached hydrogens (tertiary/aromatic N) is 5. The number of fused-ring (bicyclic) bond motifs is 1. The first-order valence-electron chi connectivity index (χ1n) is 10.4. The zero-order chi connectivity index (χ0) is 23.2. The summed E-state index contributed by atoms with van der Waals surface area (Å²) in [6, 6.07) is 12.1. The molecule has 0 bridgehead atoms. The molecule has 1 saturated heterocycles. The summed E-state index contributed by atoms with van der Waals surface area (Å²) in [5, 5.41) is 14.1. The minimum atomic E-state index is -3.76. The van der Waals surface area contributed by atoms with E-state index in [1.807, 2.05) is 40.8 Å². The molecule has 2 aromatic heterocycles. The Labute approximate surface area is 189 Å². The maximum absolute atomic E-state index is 13.1. The summed E-state index contributed by atoms with van der Waals surface area (Å²) >= 11 is 0. The van der Waals surface area contributed by atoms with Gasteiger partial charge in [0.15, 0.2) is 15.7 Å². The van der Waals surface area contributed by atoms with E-state index >= 15 is 0 Å². The third-order valence-electron chi connectivity index (χ3n) is 5.87. The number of aliphatic hydroxyl groups is 1. The van der Waals surface area contributed by atoms with Gasteiger partial charge < -0.3 is 14.2 Å². The van der Waals surface area contributed by atoms with Crippen molar-refractivity contribution in [3.05, 3.63) is 71.9 Å². The van der Waals surface area contributed by atoms with Gasteiger partial charge in [0.25, 0.3) is 0 Å². The number of imidazole rings is 1. The summed E-state index contributed by atoms with van der Waals surface area (Å²) in [4.78, 5) is 11.0. The van der Waals surface area contributed by atoms with Crippen LogP contribution in [0.15, 0.2) is 57.9 Å². The van der Waals surface area contributed by atoms with Gasteiger partial charge in [0.05, 0.1) is 34.6 Å². The van der Waals surface area contributed by atoms with Crippen molar-refractivity contribution in [3.8, 4) is 0 Å². The van der Waals surface area contributed by atoms with Gasteiger partial charge in [0, 0.05) is 13.6 Å². The number of aryl methyl sites for hydroxylation is 1. The number of halogens is 1. The molecule has 1 aliphatic heterocycles. The second-order valence-electron chi connectivity index (χ2n) is 8.17. The predicted molar refractivity (Wildman–Crippen MR) is 116 cm³/mol. The molecular formula is C22H22FN5O4S. The van der Waals surface area contributed by atoms with Crippen molar-refractivity contribution in [1.82, 2.24) is 24.6 Å². The van der Waals surface area contributed by atoms with E-state index in [9.17, 15) is 17.9 Å². The van der Waals surface area contributed by atoms with E-state index in [-0.39, 0.29) is 22.7 Å². The van der Waals surface area contributed by atoms with E-state index in [1.54, 1.807) is 0 Å². The van der Waals surface area contributed by atoms with Crippen LogP contribution in [0.1, 0.15) is 30.0 Å². The lowest BCUT2D eigenvalue weighted by atomic mass is 10.2. The Kier molecular flexibility index (Phi) is 5.47. The third-order valence-corrected chi connectivity index (χ3v) is 7.50. The van der Waals surface area contributed by atoms with Crippen LogP contribution < -0.4 is 0 Å². The largest absolute Gasteiger partial charge is 0.392 e. The van der Waals surface area contributed by atoms with E-state index in [1.165, 1.54) is 12.1 Å². The lowest BCUT2D eigenvalue weighted by Crippen LogP contribution is -2.26. The van der Waals surface area contributed by atoms with Crippen molar-refractivity contribution in [3.63, 3.8) is 0 Å². The second-order valence-corrected chi connectivity index (χ2v) is 10.2. The number of aromatic nitrogens is 4. The molecule has 3 heterocycles. The van der Waals surface area contributed by atoms with Crippen molar-refractivity contribution >= 4 is 20.9 Å². The molecule has 0 aliphatic carbocycles. The number of likely N-dealkylation sites (tertiary alicyclic amines) is 1. The van der Waals surface area contributed by atoms with Crippen LogP contribution in [0.3, 0.4) is 0 Å². The molecular weight excluding hydrogens is 449 g/mol. The lowest BCUT2D eigenvalue weighted by Gasteiger charge is -2.20. The molecule has 1 fully saturated rings. The van der Waals surface area contributed by atoms with Gasteiger partial charge in [-0.1, -0.05) is 17.3 Å². The number of β-amino-alcohol motifs (C(OH)–C–C–N with tert-alkyl or cyclic N) is 1. The zero-order valence-electron chi connectivity index (χ0n) is 17.8. The Balaban J connectivity index is 1.36. The molecule has 11 heteroatoms. The molecule has 1 N–H and O–H groups in total. The van der Waals surface area contributed by atoms with Gasteiger partial charge >= 0.3 is 0 Å². The smallest absolute Gasteiger partial charge is 0.244 e. The van der Waals surface area contributed by atoms with Gasteiger partial charge in [-0.2, -0.15) is 4.98 Å².